The summed E-state index contributed by atoms with van der Waals surface area (Å²) >= 11 is 0. The van der Waals surface area contributed by atoms with Gasteiger partial charge in [0.2, 0.25) is 0 Å². The van der Waals surface area contributed by atoms with E-state index < -0.39 is 10.0 Å². The third-order valence-corrected chi connectivity index (χ3v) is 6.19. The SMILES string of the molecule is CCc1cc(OC)cc(Nc2nc3ccccc3nc2NS(=O)(=O)c2cn(C)cn2)c1OC. The number of sulfonamides is 1. The molecule has 0 unspecified atom stereocenters. The largest absolute Gasteiger partial charge is 0.497 e. The molecule has 33 heavy (non-hydrogen) atoms. The molecule has 10 nitrogen and oxygen atoms in total. The molecule has 11 heteroatoms. The number of aromatic nitrogens is 4. The highest BCUT2D eigenvalue weighted by Gasteiger charge is 2.22. The Hall–Kier alpha value is -3.86. The molecule has 172 valence electrons. The summed E-state index contributed by atoms with van der Waals surface area (Å²) in [5, 5.41) is 3.06. The van der Waals surface area contributed by atoms with E-state index in [2.05, 4.69) is 25.0 Å². The van der Waals surface area contributed by atoms with Crippen molar-refractivity contribution in [3.8, 4) is 11.5 Å². The number of nitrogens with one attached hydrogen (secondary N) is 2. The summed E-state index contributed by atoms with van der Waals surface area (Å²) in [4.78, 5) is 13.1. The van der Waals surface area contributed by atoms with Crippen LogP contribution in [0.5, 0.6) is 11.5 Å². The zero-order valence-electron chi connectivity index (χ0n) is 18.7. The molecule has 0 radical (unpaired) electrons. The Morgan fingerprint density at radius 1 is 1.03 bits per heavy atom. The van der Waals surface area contributed by atoms with E-state index >= 15 is 0 Å². The zero-order valence-corrected chi connectivity index (χ0v) is 19.5. The lowest BCUT2D eigenvalue weighted by Crippen LogP contribution is -2.16. The molecule has 4 aromatic rings. The molecule has 2 aromatic heterocycles. The van der Waals surface area contributed by atoms with Gasteiger partial charge < -0.3 is 19.4 Å². The predicted octanol–water partition coefficient (Wildman–Crippen LogP) is 3.49. The predicted molar refractivity (Wildman–Crippen MR) is 126 cm³/mol. The van der Waals surface area contributed by atoms with Crippen molar-refractivity contribution < 1.29 is 17.9 Å². The van der Waals surface area contributed by atoms with Crippen LogP contribution in [0.1, 0.15) is 12.5 Å². The van der Waals surface area contributed by atoms with Crippen molar-refractivity contribution in [1.82, 2.24) is 19.5 Å². The van der Waals surface area contributed by atoms with Crippen LogP contribution in [0, 0.1) is 0 Å². The van der Waals surface area contributed by atoms with Gasteiger partial charge in [0.15, 0.2) is 16.7 Å². The first-order chi connectivity index (χ1) is 15.8. The smallest absolute Gasteiger partial charge is 0.282 e. The Bertz CT molecular complexity index is 1420. The third-order valence-electron chi connectivity index (χ3n) is 4.97. The number of aryl methyl sites for hydroxylation is 2. The Morgan fingerprint density at radius 3 is 2.30 bits per heavy atom. The normalized spacial score (nSPS) is 11.4. The number of hydrogen-bond acceptors (Lipinski definition) is 8. The molecule has 0 atom stereocenters. The van der Waals surface area contributed by atoms with Gasteiger partial charge in [-0.1, -0.05) is 19.1 Å². The van der Waals surface area contributed by atoms with Crippen molar-refractivity contribution in [2.45, 2.75) is 18.4 Å². The third kappa shape index (κ3) is 4.53. The summed E-state index contributed by atoms with van der Waals surface area (Å²) in [7, 11) is 0.841. The first kappa shape index (κ1) is 22.3. The summed E-state index contributed by atoms with van der Waals surface area (Å²) in [5.74, 6) is 1.47. The monoisotopic (exact) mass is 468 g/mol. The maximum Gasteiger partial charge on any atom is 0.282 e. The van der Waals surface area contributed by atoms with Gasteiger partial charge >= 0.3 is 0 Å². The molecular weight excluding hydrogens is 444 g/mol. The molecule has 0 bridgehead atoms. The standard InChI is InChI=1S/C22H24N6O4S/c1-5-14-10-15(31-3)11-18(20(14)32-4)26-21-22(25-17-9-7-6-8-16(17)24-21)27-33(29,30)19-12-28(2)13-23-19/h6-13H,5H2,1-4H3,(H,24,26)(H,25,27). The number of rotatable bonds is 8. The van der Waals surface area contributed by atoms with E-state index in [0.717, 1.165) is 5.56 Å². The fourth-order valence-electron chi connectivity index (χ4n) is 3.37. The first-order valence-electron chi connectivity index (χ1n) is 10.1. The van der Waals surface area contributed by atoms with Crippen molar-refractivity contribution >= 4 is 38.4 Å². The number of hydrogen-bond donors (Lipinski definition) is 2. The highest BCUT2D eigenvalue weighted by atomic mass is 32.2. The number of benzene rings is 2. The minimum atomic E-state index is -4.00. The fraction of sp³-hybridized carbons (Fsp3) is 0.227. The lowest BCUT2D eigenvalue weighted by atomic mass is 10.1. The van der Waals surface area contributed by atoms with E-state index in [9.17, 15) is 8.42 Å². The number of fused-ring (bicyclic) bond motifs is 1. The second-order valence-corrected chi connectivity index (χ2v) is 8.87. The van der Waals surface area contributed by atoms with E-state index in [1.54, 1.807) is 50.1 Å². The molecule has 0 spiro atoms. The van der Waals surface area contributed by atoms with Crippen molar-refractivity contribution in [3.63, 3.8) is 0 Å². The average Bonchev–Trinajstić information content (AvgIpc) is 3.26. The Morgan fingerprint density at radius 2 is 1.73 bits per heavy atom. The van der Waals surface area contributed by atoms with Crippen molar-refractivity contribution in [3.05, 3.63) is 54.5 Å². The second kappa shape index (κ2) is 8.94. The Balaban J connectivity index is 1.84. The fourth-order valence-corrected chi connectivity index (χ4v) is 4.36. The van der Waals surface area contributed by atoms with Gasteiger partial charge in [0.25, 0.3) is 10.0 Å². The molecule has 0 aliphatic carbocycles. The van der Waals surface area contributed by atoms with Gasteiger partial charge in [0, 0.05) is 19.3 Å². The molecule has 0 aliphatic rings. The van der Waals surface area contributed by atoms with Gasteiger partial charge in [-0.3, -0.25) is 4.72 Å². The second-order valence-electron chi connectivity index (χ2n) is 7.24. The minimum absolute atomic E-state index is 0.0299. The maximum absolute atomic E-state index is 13.0. The van der Waals surface area contributed by atoms with Crippen LogP contribution in [0.4, 0.5) is 17.3 Å². The maximum atomic E-state index is 13.0. The number of anilines is 3. The van der Waals surface area contributed by atoms with Gasteiger partial charge in [-0.25, -0.2) is 15.0 Å². The van der Waals surface area contributed by atoms with Crippen LogP contribution in [0.15, 0.2) is 53.9 Å². The van der Waals surface area contributed by atoms with Crippen LogP contribution in [0.25, 0.3) is 11.0 Å². The van der Waals surface area contributed by atoms with Crippen LogP contribution < -0.4 is 19.5 Å². The zero-order chi connectivity index (χ0) is 23.6. The molecule has 0 amide bonds. The average molecular weight is 469 g/mol. The molecular formula is C22H24N6O4S. The van der Waals surface area contributed by atoms with E-state index in [-0.39, 0.29) is 16.7 Å². The number of nitrogens with zero attached hydrogens (tertiary/aromatic N) is 4. The number of para-hydroxylation sites is 2. The summed E-state index contributed by atoms with van der Waals surface area (Å²) in [6.45, 7) is 2.00. The molecule has 2 heterocycles. The number of methoxy groups -OCH3 is 2. The molecule has 0 aliphatic heterocycles. The molecule has 2 aromatic carbocycles. The van der Waals surface area contributed by atoms with Crippen LogP contribution in [0.3, 0.4) is 0 Å². The summed E-state index contributed by atoms with van der Waals surface area (Å²) in [5.41, 5.74) is 2.62. The highest BCUT2D eigenvalue weighted by molar-refractivity contribution is 7.92. The van der Waals surface area contributed by atoms with Gasteiger partial charge in [0.05, 0.1) is 37.3 Å². The van der Waals surface area contributed by atoms with Crippen LogP contribution >= 0.6 is 0 Å². The summed E-state index contributed by atoms with van der Waals surface area (Å²) in [6, 6.07) is 10.8. The lowest BCUT2D eigenvalue weighted by molar-refractivity contribution is 0.401. The summed E-state index contributed by atoms with van der Waals surface area (Å²) in [6.07, 6.45) is 3.52. The van der Waals surface area contributed by atoms with Gasteiger partial charge in [0.1, 0.15) is 11.5 Å². The first-order valence-corrected chi connectivity index (χ1v) is 11.6. The van der Waals surface area contributed by atoms with E-state index in [1.165, 1.54) is 12.5 Å². The Labute approximate surface area is 191 Å². The molecule has 0 saturated heterocycles. The van der Waals surface area contributed by atoms with Crippen LogP contribution in [-0.4, -0.2) is 42.2 Å². The Kier molecular flexibility index (Phi) is 6.05. The van der Waals surface area contributed by atoms with Gasteiger partial charge in [-0.2, -0.15) is 8.42 Å². The van der Waals surface area contributed by atoms with Crippen molar-refractivity contribution in [2.24, 2.45) is 7.05 Å². The molecule has 0 saturated carbocycles. The molecule has 4 rings (SSSR count). The quantitative estimate of drug-likeness (QED) is 0.403. The molecule has 0 fully saturated rings. The number of imidazole rings is 1. The van der Waals surface area contributed by atoms with Gasteiger partial charge in [-0.15, -0.1) is 0 Å². The molecule has 2 N–H and O–H groups in total. The van der Waals surface area contributed by atoms with Crippen molar-refractivity contribution in [2.75, 3.05) is 24.3 Å². The lowest BCUT2D eigenvalue weighted by Gasteiger charge is -2.18. The highest BCUT2D eigenvalue weighted by Crippen LogP contribution is 2.37. The number of ether oxygens (including phenoxy) is 2. The topological polar surface area (TPSA) is 120 Å². The van der Waals surface area contributed by atoms with E-state index in [4.69, 9.17) is 9.47 Å². The van der Waals surface area contributed by atoms with Crippen LogP contribution in [0.2, 0.25) is 0 Å². The van der Waals surface area contributed by atoms with Gasteiger partial charge in [-0.05, 0) is 30.2 Å². The van der Waals surface area contributed by atoms with E-state index in [0.29, 0.717) is 34.6 Å². The summed E-state index contributed by atoms with van der Waals surface area (Å²) < 4.78 is 41.0. The minimum Gasteiger partial charge on any atom is -0.497 e. The van der Waals surface area contributed by atoms with Crippen LogP contribution in [-0.2, 0) is 23.5 Å². The van der Waals surface area contributed by atoms with Crippen molar-refractivity contribution in [1.29, 1.82) is 0 Å². The van der Waals surface area contributed by atoms with E-state index in [1.807, 2.05) is 19.1 Å².